The van der Waals surface area contributed by atoms with Crippen LogP contribution in [0.15, 0.2) is 84.6 Å². The minimum absolute atomic E-state index is 0.242. The lowest BCUT2D eigenvalue weighted by atomic mass is 10.1. The number of carboxylic acid groups (broad SMARTS) is 1. The number of benzene rings is 3. The number of amides is 1. The first-order valence-corrected chi connectivity index (χ1v) is 9.73. The minimum Gasteiger partial charge on any atom is -0.493 e. The lowest BCUT2D eigenvalue weighted by Crippen LogP contribution is -2.27. The van der Waals surface area contributed by atoms with E-state index in [1.54, 1.807) is 48.5 Å². The fraction of sp³-hybridized carbons (Fsp3) is 0.120. The average Bonchev–Trinajstić information content (AvgIpc) is 2.80. The number of ether oxygens (including phenoxy) is 2. The fourth-order valence-electron chi connectivity index (χ4n) is 2.92. The Balaban J connectivity index is 1.72. The molecule has 0 bridgehead atoms. The first-order valence-electron chi connectivity index (χ1n) is 9.73. The van der Waals surface area contributed by atoms with Gasteiger partial charge in [0.15, 0.2) is 11.5 Å². The number of hydrogen-bond donors (Lipinski definition) is 2. The van der Waals surface area contributed by atoms with Crippen molar-refractivity contribution >= 4 is 18.0 Å². The van der Waals surface area contributed by atoms with Gasteiger partial charge in [-0.3, -0.25) is 4.79 Å². The lowest BCUT2D eigenvalue weighted by molar-refractivity contribution is -0.132. The molecule has 0 aliphatic carbocycles. The van der Waals surface area contributed by atoms with E-state index in [-0.39, 0.29) is 5.70 Å². The predicted molar refractivity (Wildman–Crippen MR) is 118 cm³/mol. The third kappa shape index (κ3) is 6.21. The SMILES string of the molecule is COc1cc(C=C(NC(=O)c2ccccc2)C(=O)O)ccc1OCCc1ccccc1. The van der Waals surface area contributed by atoms with Crippen LogP contribution in [0.25, 0.3) is 6.08 Å². The van der Waals surface area contributed by atoms with Gasteiger partial charge in [0.2, 0.25) is 0 Å². The van der Waals surface area contributed by atoms with Crippen LogP contribution < -0.4 is 14.8 Å². The number of hydrogen-bond acceptors (Lipinski definition) is 4. The minimum atomic E-state index is -1.24. The lowest BCUT2D eigenvalue weighted by Gasteiger charge is -2.12. The summed E-state index contributed by atoms with van der Waals surface area (Å²) < 4.78 is 11.2. The van der Waals surface area contributed by atoms with Crippen LogP contribution in [-0.2, 0) is 11.2 Å². The number of aliphatic carboxylic acids is 1. The molecule has 0 saturated heterocycles. The second kappa shape index (κ2) is 10.6. The summed E-state index contributed by atoms with van der Waals surface area (Å²) in [5.41, 5.74) is 1.85. The molecule has 1 amide bonds. The Bertz CT molecular complexity index is 1060. The highest BCUT2D eigenvalue weighted by atomic mass is 16.5. The summed E-state index contributed by atoms with van der Waals surface area (Å²) in [6.45, 7) is 0.475. The zero-order valence-corrected chi connectivity index (χ0v) is 17.1. The standard InChI is InChI=1S/C25H23NO5/c1-30-23-17-19(12-13-22(23)31-15-14-18-8-4-2-5-9-18)16-21(25(28)29)26-24(27)20-10-6-3-7-11-20/h2-13,16-17H,14-15H2,1H3,(H,26,27)(H,28,29). The molecule has 0 heterocycles. The molecule has 3 aromatic rings. The van der Waals surface area contributed by atoms with Crippen LogP contribution in [0.3, 0.4) is 0 Å². The van der Waals surface area contributed by atoms with Gasteiger partial charge < -0.3 is 19.9 Å². The van der Waals surface area contributed by atoms with Crippen LogP contribution >= 0.6 is 0 Å². The van der Waals surface area contributed by atoms with Crippen LogP contribution in [0.2, 0.25) is 0 Å². The van der Waals surface area contributed by atoms with Crippen molar-refractivity contribution in [2.24, 2.45) is 0 Å². The summed E-state index contributed by atoms with van der Waals surface area (Å²) >= 11 is 0. The van der Waals surface area contributed by atoms with Crippen molar-refractivity contribution in [1.29, 1.82) is 0 Å². The smallest absolute Gasteiger partial charge is 0.352 e. The molecule has 0 saturated carbocycles. The second-order valence-corrected chi connectivity index (χ2v) is 6.68. The van der Waals surface area contributed by atoms with Gasteiger partial charge in [0.1, 0.15) is 5.70 Å². The summed E-state index contributed by atoms with van der Waals surface area (Å²) in [4.78, 5) is 23.9. The largest absolute Gasteiger partial charge is 0.493 e. The van der Waals surface area contributed by atoms with E-state index in [0.717, 1.165) is 6.42 Å². The molecule has 0 radical (unpaired) electrons. The van der Waals surface area contributed by atoms with Crippen molar-refractivity contribution in [2.75, 3.05) is 13.7 Å². The van der Waals surface area contributed by atoms with E-state index < -0.39 is 11.9 Å². The van der Waals surface area contributed by atoms with E-state index >= 15 is 0 Å². The maximum atomic E-state index is 12.3. The number of nitrogens with one attached hydrogen (secondary N) is 1. The van der Waals surface area contributed by atoms with E-state index in [0.29, 0.717) is 29.2 Å². The van der Waals surface area contributed by atoms with Crippen molar-refractivity contribution in [2.45, 2.75) is 6.42 Å². The molecule has 158 valence electrons. The number of carboxylic acids is 1. The predicted octanol–water partition coefficient (Wildman–Crippen LogP) is 4.17. The summed E-state index contributed by atoms with van der Waals surface area (Å²) in [7, 11) is 1.52. The van der Waals surface area contributed by atoms with Gasteiger partial charge in [-0.1, -0.05) is 54.6 Å². The topological polar surface area (TPSA) is 84.9 Å². The Morgan fingerprint density at radius 3 is 2.26 bits per heavy atom. The zero-order chi connectivity index (χ0) is 22.1. The molecule has 0 unspecified atom stereocenters. The van der Waals surface area contributed by atoms with Crippen molar-refractivity contribution in [3.8, 4) is 11.5 Å². The number of methoxy groups -OCH3 is 1. The van der Waals surface area contributed by atoms with Crippen LogP contribution in [-0.4, -0.2) is 30.7 Å². The molecule has 6 nitrogen and oxygen atoms in total. The van der Waals surface area contributed by atoms with Crippen molar-refractivity contribution in [3.63, 3.8) is 0 Å². The number of carbonyl (C=O) groups excluding carboxylic acids is 1. The van der Waals surface area contributed by atoms with Crippen molar-refractivity contribution < 1.29 is 24.2 Å². The van der Waals surface area contributed by atoms with Crippen LogP contribution in [0.4, 0.5) is 0 Å². The Kier molecular flexibility index (Phi) is 7.43. The molecule has 0 aromatic heterocycles. The molecular weight excluding hydrogens is 394 g/mol. The van der Waals surface area contributed by atoms with E-state index in [1.165, 1.54) is 18.7 Å². The van der Waals surface area contributed by atoms with Gasteiger partial charge in [0, 0.05) is 12.0 Å². The third-order valence-corrected chi connectivity index (χ3v) is 4.50. The van der Waals surface area contributed by atoms with Gasteiger partial charge in [-0.2, -0.15) is 0 Å². The van der Waals surface area contributed by atoms with Gasteiger partial charge in [-0.05, 0) is 41.5 Å². The second-order valence-electron chi connectivity index (χ2n) is 6.68. The van der Waals surface area contributed by atoms with Crippen molar-refractivity contribution in [1.82, 2.24) is 5.32 Å². The molecule has 0 aliphatic heterocycles. The van der Waals surface area contributed by atoms with Gasteiger partial charge in [0.05, 0.1) is 13.7 Å². The Labute approximate surface area is 180 Å². The molecule has 0 fully saturated rings. The van der Waals surface area contributed by atoms with Crippen molar-refractivity contribution in [3.05, 3.63) is 101 Å². The summed E-state index contributed by atoms with van der Waals surface area (Å²) in [5.74, 6) is -0.713. The summed E-state index contributed by atoms with van der Waals surface area (Å²) in [5, 5.41) is 11.9. The Morgan fingerprint density at radius 1 is 0.935 bits per heavy atom. The van der Waals surface area contributed by atoms with E-state index in [4.69, 9.17) is 9.47 Å². The Hall–Kier alpha value is -4.06. The molecule has 6 heteroatoms. The zero-order valence-electron chi connectivity index (χ0n) is 17.1. The quantitative estimate of drug-likeness (QED) is 0.511. The van der Waals surface area contributed by atoms with Gasteiger partial charge >= 0.3 is 5.97 Å². The van der Waals surface area contributed by atoms with E-state index in [2.05, 4.69) is 5.32 Å². The molecule has 0 atom stereocenters. The molecule has 3 rings (SSSR count). The number of carbonyl (C=O) groups is 2. The normalized spacial score (nSPS) is 10.9. The monoisotopic (exact) mass is 417 g/mol. The third-order valence-electron chi connectivity index (χ3n) is 4.50. The molecular formula is C25H23NO5. The van der Waals surface area contributed by atoms with Gasteiger partial charge in [0.25, 0.3) is 5.91 Å². The number of rotatable bonds is 9. The first-order chi connectivity index (χ1) is 15.1. The van der Waals surface area contributed by atoms with Crippen LogP contribution in [0, 0.1) is 0 Å². The van der Waals surface area contributed by atoms with Crippen LogP contribution in [0.1, 0.15) is 21.5 Å². The van der Waals surface area contributed by atoms with Crippen LogP contribution in [0.5, 0.6) is 11.5 Å². The maximum Gasteiger partial charge on any atom is 0.352 e. The maximum absolute atomic E-state index is 12.3. The molecule has 0 aliphatic rings. The highest BCUT2D eigenvalue weighted by Gasteiger charge is 2.14. The fourth-order valence-corrected chi connectivity index (χ4v) is 2.92. The van der Waals surface area contributed by atoms with Gasteiger partial charge in [-0.15, -0.1) is 0 Å². The molecule has 31 heavy (non-hydrogen) atoms. The van der Waals surface area contributed by atoms with E-state index in [1.807, 2.05) is 30.3 Å². The first kappa shape index (κ1) is 21.6. The summed E-state index contributed by atoms with van der Waals surface area (Å²) in [6.07, 6.45) is 2.12. The molecule has 2 N–H and O–H groups in total. The average molecular weight is 417 g/mol. The Morgan fingerprint density at radius 2 is 1.61 bits per heavy atom. The highest BCUT2D eigenvalue weighted by molar-refractivity contribution is 6.02. The summed E-state index contributed by atoms with van der Waals surface area (Å²) in [6, 6.07) is 23.5. The molecule has 0 spiro atoms. The van der Waals surface area contributed by atoms with Gasteiger partial charge in [-0.25, -0.2) is 4.79 Å². The highest BCUT2D eigenvalue weighted by Crippen LogP contribution is 2.29. The molecule has 3 aromatic carbocycles. The van der Waals surface area contributed by atoms with E-state index in [9.17, 15) is 14.7 Å².